The summed E-state index contributed by atoms with van der Waals surface area (Å²) in [4.78, 5) is 0. The zero-order valence-electron chi connectivity index (χ0n) is 14.2. The maximum Gasteiger partial charge on any atom is 0.273 e. The van der Waals surface area contributed by atoms with Gasteiger partial charge in [-0.2, -0.15) is 0 Å². The van der Waals surface area contributed by atoms with Crippen LogP contribution in [0.5, 0.6) is 0 Å². The van der Waals surface area contributed by atoms with Crippen molar-refractivity contribution in [2.75, 3.05) is 35.0 Å². The van der Waals surface area contributed by atoms with E-state index in [0.29, 0.717) is 35.0 Å². The Kier molecular flexibility index (Phi) is 5.56. The van der Waals surface area contributed by atoms with Gasteiger partial charge in [0, 0.05) is 19.3 Å². The number of fused-ring (bicyclic) bond motifs is 1. The van der Waals surface area contributed by atoms with Gasteiger partial charge in [0.15, 0.2) is 0 Å². The van der Waals surface area contributed by atoms with Crippen LogP contribution in [-0.4, -0.2) is 42.8 Å². The van der Waals surface area contributed by atoms with E-state index in [4.69, 9.17) is 4.74 Å². The van der Waals surface area contributed by atoms with E-state index >= 15 is 0 Å². The second kappa shape index (κ2) is 7.55. The van der Waals surface area contributed by atoms with Gasteiger partial charge in [-0.15, -0.1) is 11.3 Å². The molecule has 1 aromatic heterocycles. The van der Waals surface area contributed by atoms with Gasteiger partial charge in [-0.25, -0.2) is 16.8 Å². The standard InChI is InChI=1S/C16H20N2O5S3/c1-23-9-11-25(19,20)17-14-6-7-15-13(12-14)4-2-8-18(15)26(21,22)16-5-3-10-24-16/h3,5-7,10,12,17H,2,4,8-9,11H2,1H3. The van der Waals surface area contributed by atoms with Crippen LogP contribution in [0, 0.1) is 0 Å². The molecule has 0 unspecified atom stereocenters. The molecule has 0 saturated heterocycles. The number of aryl methyl sites for hydroxylation is 1. The van der Waals surface area contributed by atoms with Crippen molar-refractivity contribution in [1.82, 2.24) is 0 Å². The maximum absolute atomic E-state index is 12.9. The largest absolute Gasteiger partial charge is 0.384 e. The number of nitrogens with one attached hydrogen (secondary N) is 1. The Morgan fingerprint density at radius 1 is 1.23 bits per heavy atom. The predicted octanol–water partition coefficient (Wildman–Crippen LogP) is 2.28. The molecule has 1 aliphatic heterocycles. The van der Waals surface area contributed by atoms with Gasteiger partial charge in [-0.1, -0.05) is 6.07 Å². The number of rotatable bonds is 7. The van der Waals surface area contributed by atoms with Gasteiger partial charge >= 0.3 is 0 Å². The molecule has 0 radical (unpaired) electrons. The number of benzene rings is 1. The summed E-state index contributed by atoms with van der Waals surface area (Å²) in [5.74, 6) is -0.139. The normalized spacial score (nSPS) is 14.9. The van der Waals surface area contributed by atoms with Crippen molar-refractivity contribution in [1.29, 1.82) is 0 Å². The fourth-order valence-electron chi connectivity index (χ4n) is 2.82. The summed E-state index contributed by atoms with van der Waals surface area (Å²) < 4.78 is 58.7. The molecule has 0 bridgehead atoms. The number of hydrogen-bond acceptors (Lipinski definition) is 6. The molecule has 0 aliphatic carbocycles. The second-order valence-electron chi connectivity index (χ2n) is 5.87. The van der Waals surface area contributed by atoms with E-state index in [9.17, 15) is 16.8 Å². The molecule has 3 rings (SSSR count). The molecule has 1 aromatic carbocycles. The van der Waals surface area contributed by atoms with Crippen LogP contribution in [-0.2, 0) is 31.2 Å². The zero-order valence-corrected chi connectivity index (χ0v) is 16.7. The first-order chi connectivity index (χ1) is 12.3. The Balaban J connectivity index is 1.88. The Morgan fingerprint density at radius 2 is 2.04 bits per heavy atom. The van der Waals surface area contributed by atoms with Gasteiger partial charge < -0.3 is 4.74 Å². The van der Waals surface area contributed by atoms with Gasteiger partial charge in [0.05, 0.1) is 18.0 Å². The van der Waals surface area contributed by atoms with Crippen molar-refractivity contribution in [3.63, 3.8) is 0 Å². The molecule has 2 heterocycles. The number of ether oxygens (including phenoxy) is 1. The quantitative estimate of drug-likeness (QED) is 0.747. The first kappa shape index (κ1) is 19.2. The lowest BCUT2D eigenvalue weighted by atomic mass is 10.0. The molecule has 7 nitrogen and oxygen atoms in total. The highest BCUT2D eigenvalue weighted by Gasteiger charge is 2.30. The predicted molar refractivity (Wildman–Crippen MR) is 103 cm³/mol. The molecule has 0 atom stereocenters. The minimum absolute atomic E-state index is 0.104. The van der Waals surface area contributed by atoms with E-state index in [-0.39, 0.29) is 12.4 Å². The Bertz CT molecular complexity index is 969. The summed E-state index contributed by atoms with van der Waals surface area (Å²) in [6, 6.07) is 8.25. The van der Waals surface area contributed by atoms with Crippen molar-refractivity contribution in [2.45, 2.75) is 17.1 Å². The van der Waals surface area contributed by atoms with Crippen molar-refractivity contribution < 1.29 is 21.6 Å². The van der Waals surface area contributed by atoms with Crippen LogP contribution in [0.4, 0.5) is 11.4 Å². The van der Waals surface area contributed by atoms with Gasteiger partial charge in [0.1, 0.15) is 4.21 Å². The van der Waals surface area contributed by atoms with Gasteiger partial charge in [0.25, 0.3) is 10.0 Å². The van der Waals surface area contributed by atoms with Crippen molar-refractivity contribution in [3.8, 4) is 0 Å². The number of methoxy groups -OCH3 is 1. The van der Waals surface area contributed by atoms with Crippen LogP contribution >= 0.6 is 11.3 Å². The van der Waals surface area contributed by atoms with Crippen molar-refractivity contribution in [2.24, 2.45) is 0 Å². The molecular formula is C16H20N2O5S3. The number of sulfonamides is 2. The summed E-state index contributed by atoms with van der Waals surface area (Å²) in [6.07, 6.45) is 1.37. The molecule has 0 amide bonds. The van der Waals surface area contributed by atoms with E-state index in [2.05, 4.69) is 4.72 Å². The maximum atomic E-state index is 12.9. The number of thiophene rings is 1. The van der Waals surface area contributed by atoms with E-state index < -0.39 is 20.0 Å². The third-order valence-electron chi connectivity index (χ3n) is 4.02. The Morgan fingerprint density at radius 3 is 2.73 bits per heavy atom. The highest BCUT2D eigenvalue weighted by Crippen LogP contribution is 2.34. The molecule has 0 saturated carbocycles. The van der Waals surface area contributed by atoms with Crippen LogP contribution in [0.25, 0.3) is 0 Å². The highest BCUT2D eigenvalue weighted by molar-refractivity contribution is 7.94. The van der Waals surface area contributed by atoms with Crippen LogP contribution in [0.15, 0.2) is 39.9 Å². The average molecular weight is 417 g/mol. The molecule has 26 heavy (non-hydrogen) atoms. The summed E-state index contributed by atoms with van der Waals surface area (Å²) in [7, 11) is -5.66. The topological polar surface area (TPSA) is 92.8 Å². The van der Waals surface area contributed by atoms with Crippen LogP contribution < -0.4 is 9.03 Å². The van der Waals surface area contributed by atoms with Crippen molar-refractivity contribution in [3.05, 3.63) is 41.3 Å². The fraction of sp³-hybridized carbons (Fsp3) is 0.375. The molecule has 10 heteroatoms. The van der Waals surface area contributed by atoms with Gasteiger partial charge in [-0.05, 0) is 48.1 Å². The second-order valence-corrected chi connectivity index (χ2v) is 10.7. The fourth-order valence-corrected chi connectivity index (χ4v) is 6.44. The lowest BCUT2D eigenvalue weighted by Gasteiger charge is -2.30. The molecule has 142 valence electrons. The van der Waals surface area contributed by atoms with Crippen LogP contribution in [0.1, 0.15) is 12.0 Å². The average Bonchev–Trinajstić information content (AvgIpc) is 3.14. The monoisotopic (exact) mass is 416 g/mol. The minimum atomic E-state index is -3.60. The van der Waals surface area contributed by atoms with Gasteiger partial charge in [-0.3, -0.25) is 9.03 Å². The Hall–Kier alpha value is -1.62. The number of nitrogens with zero attached hydrogens (tertiary/aromatic N) is 1. The number of anilines is 2. The molecule has 1 aliphatic rings. The Labute approximate surface area is 157 Å². The first-order valence-corrected chi connectivity index (χ1v) is 12.0. The van der Waals surface area contributed by atoms with E-state index in [1.165, 1.54) is 22.8 Å². The molecule has 0 spiro atoms. The van der Waals surface area contributed by atoms with Crippen LogP contribution in [0.3, 0.4) is 0 Å². The van der Waals surface area contributed by atoms with E-state index in [1.807, 2.05) is 0 Å². The smallest absolute Gasteiger partial charge is 0.273 e. The highest BCUT2D eigenvalue weighted by atomic mass is 32.2. The lowest BCUT2D eigenvalue weighted by Crippen LogP contribution is -2.35. The van der Waals surface area contributed by atoms with Crippen molar-refractivity contribution >= 4 is 42.8 Å². The SMILES string of the molecule is COCCS(=O)(=O)Nc1ccc2c(c1)CCCN2S(=O)(=O)c1cccs1. The minimum Gasteiger partial charge on any atom is -0.384 e. The summed E-state index contributed by atoms with van der Waals surface area (Å²) >= 11 is 1.18. The molecule has 1 N–H and O–H groups in total. The van der Waals surface area contributed by atoms with Crippen LogP contribution in [0.2, 0.25) is 0 Å². The summed E-state index contributed by atoms with van der Waals surface area (Å²) in [6.45, 7) is 0.513. The molecule has 2 aromatic rings. The zero-order chi connectivity index (χ0) is 18.8. The third kappa shape index (κ3) is 4.03. The lowest BCUT2D eigenvalue weighted by molar-refractivity contribution is 0.217. The molecule has 0 fully saturated rings. The van der Waals surface area contributed by atoms with E-state index in [0.717, 1.165) is 5.56 Å². The summed E-state index contributed by atoms with van der Waals surface area (Å²) in [5, 5.41) is 1.73. The van der Waals surface area contributed by atoms with E-state index in [1.54, 1.807) is 35.7 Å². The summed E-state index contributed by atoms with van der Waals surface area (Å²) in [5.41, 5.74) is 1.84. The first-order valence-electron chi connectivity index (χ1n) is 8.02. The molecular weight excluding hydrogens is 396 g/mol. The third-order valence-corrected chi connectivity index (χ3v) is 8.46. The van der Waals surface area contributed by atoms with Gasteiger partial charge in [0.2, 0.25) is 10.0 Å². The number of hydrogen-bond donors (Lipinski definition) is 1.